The lowest BCUT2D eigenvalue weighted by molar-refractivity contribution is 0.101. The summed E-state index contributed by atoms with van der Waals surface area (Å²) in [4.78, 5) is 11.0. The average molecular weight is 208 g/mol. The zero-order valence-corrected chi connectivity index (χ0v) is 9.73. The van der Waals surface area contributed by atoms with Gasteiger partial charge in [-0.3, -0.25) is 4.79 Å². The van der Waals surface area contributed by atoms with Crippen LogP contribution in [0.25, 0.3) is 0 Å². The van der Waals surface area contributed by atoms with E-state index >= 15 is 0 Å². The number of Topliss-reactive ketones (excluding diaryl/α,β-unsaturated/α-hetero) is 1. The SMILES string of the molecule is CC(=O)c1ccc(CC(C)(C)C)cc1F. The third-order valence-corrected chi connectivity index (χ3v) is 2.15. The van der Waals surface area contributed by atoms with Gasteiger partial charge in [0, 0.05) is 0 Å². The van der Waals surface area contributed by atoms with Crippen molar-refractivity contribution in [2.24, 2.45) is 5.41 Å². The van der Waals surface area contributed by atoms with Gasteiger partial charge in [0.15, 0.2) is 5.78 Å². The van der Waals surface area contributed by atoms with Crippen molar-refractivity contribution in [3.05, 3.63) is 35.1 Å². The highest BCUT2D eigenvalue weighted by molar-refractivity contribution is 5.94. The van der Waals surface area contributed by atoms with Gasteiger partial charge >= 0.3 is 0 Å². The number of ketones is 1. The molecule has 0 unspecified atom stereocenters. The summed E-state index contributed by atoms with van der Waals surface area (Å²) in [6.45, 7) is 7.68. The number of carbonyl (C=O) groups excluding carboxylic acids is 1. The van der Waals surface area contributed by atoms with Crippen LogP contribution in [0.5, 0.6) is 0 Å². The quantitative estimate of drug-likeness (QED) is 0.678. The molecule has 0 saturated carbocycles. The Labute approximate surface area is 90.3 Å². The van der Waals surface area contributed by atoms with Gasteiger partial charge in [-0.2, -0.15) is 0 Å². The number of hydrogen-bond donors (Lipinski definition) is 0. The normalized spacial score (nSPS) is 11.5. The van der Waals surface area contributed by atoms with Crippen molar-refractivity contribution in [1.82, 2.24) is 0 Å². The Morgan fingerprint density at radius 3 is 2.33 bits per heavy atom. The lowest BCUT2D eigenvalue weighted by Crippen LogP contribution is -2.10. The van der Waals surface area contributed by atoms with E-state index in [0.29, 0.717) is 0 Å². The average Bonchev–Trinajstić information content (AvgIpc) is 1.99. The van der Waals surface area contributed by atoms with Crippen LogP contribution in [0, 0.1) is 11.2 Å². The van der Waals surface area contributed by atoms with Crippen molar-refractivity contribution in [3.8, 4) is 0 Å². The number of rotatable bonds is 2. The summed E-state index contributed by atoms with van der Waals surface area (Å²) >= 11 is 0. The van der Waals surface area contributed by atoms with Gasteiger partial charge in [-0.05, 0) is 36.5 Å². The van der Waals surface area contributed by atoms with Gasteiger partial charge in [-0.15, -0.1) is 0 Å². The second-order valence-corrected chi connectivity index (χ2v) is 5.11. The molecule has 1 rings (SSSR count). The predicted molar refractivity (Wildman–Crippen MR) is 59.6 cm³/mol. The smallest absolute Gasteiger partial charge is 0.162 e. The van der Waals surface area contributed by atoms with E-state index in [2.05, 4.69) is 20.8 Å². The third-order valence-electron chi connectivity index (χ3n) is 2.15. The van der Waals surface area contributed by atoms with Crippen LogP contribution in [0.15, 0.2) is 18.2 Å². The summed E-state index contributed by atoms with van der Waals surface area (Å²) < 4.78 is 13.5. The molecule has 2 heteroatoms. The maximum Gasteiger partial charge on any atom is 0.162 e. The summed E-state index contributed by atoms with van der Waals surface area (Å²) in [6, 6.07) is 4.85. The van der Waals surface area contributed by atoms with Crippen LogP contribution in [0.2, 0.25) is 0 Å². The van der Waals surface area contributed by atoms with E-state index in [0.717, 1.165) is 12.0 Å². The standard InChI is InChI=1S/C13H17FO/c1-9(15)11-6-5-10(7-12(11)14)8-13(2,3)4/h5-7H,8H2,1-4H3. The van der Waals surface area contributed by atoms with Crippen LogP contribution in [0.1, 0.15) is 43.6 Å². The minimum atomic E-state index is -0.413. The zero-order valence-electron chi connectivity index (χ0n) is 9.73. The fourth-order valence-electron chi connectivity index (χ4n) is 1.57. The van der Waals surface area contributed by atoms with Gasteiger partial charge in [-0.1, -0.05) is 26.8 Å². The van der Waals surface area contributed by atoms with Gasteiger partial charge in [0.25, 0.3) is 0 Å². The summed E-state index contributed by atoms with van der Waals surface area (Å²) in [6.07, 6.45) is 0.808. The van der Waals surface area contributed by atoms with E-state index < -0.39 is 5.82 Å². The molecule has 1 aromatic rings. The second-order valence-electron chi connectivity index (χ2n) is 5.11. The van der Waals surface area contributed by atoms with Gasteiger partial charge in [0.1, 0.15) is 5.82 Å². The molecule has 0 aliphatic heterocycles. The van der Waals surface area contributed by atoms with Gasteiger partial charge in [-0.25, -0.2) is 4.39 Å². The molecule has 0 atom stereocenters. The number of carbonyl (C=O) groups is 1. The predicted octanol–water partition coefficient (Wildman–Crippen LogP) is 3.62. The fraction of sp³-hybridized carbons (Fsp3) is 0.462. The highest BCUT2D eigenvalue weighted by Crippen LogP contribution is 2.22. The molecule has 0 spiro atoms. The van der Waals surface area contributed by atoms with Crippen LogP contribution < -0.4 is 0 Å². The Morgan fingerprint density at radius 1 is 1.33 bits per heavy atom. The highest BCUT2D eigenvalue weighted by atomic mass is 19.1. The minimum Gasteiger partial charge on any atom is -0.294 e. The lowest BCUT2D eigenvalue weighted by Gasteiger charge is -2.18. The maximum atomic E-state index is 13.5. The van der Waals surface area contributed by atoms with Crippen LogP contribution in [0.4, 0.5) is 4.39 Å². The number of benzene rings is 1. The first-order valence-electron chi connectivity index (χ1n) is 5.09. The molecule has 0 heterocycles. The first kappa shape index (κ1) is 11.9. The molecule has 1 aromatic carbocycles. The van der Waals surface area contributed by atoms with E-state index in [1.807, 2.05) is 6.07 Å². The first-order chi connectivity index (χ1) is 6.79. The van der Waals surface area contributed by atoms with Gasteiger partial charge in [0.05, 0.1) is 5.56 Å². The van der Waals surface area contributed by atoms with Crippen molar-refractivity contribution in [3.63, 3.8) is 0 Å². The molecule has 0 fully saturated rings. The van der Waals surface area contributed by atoms with Crippen molar-refractivity contribution in [2.45, 2.75) is 34.1 Å². The Morgan fingerprint density at radius 2 is 1.93 bits per heavy atom. The molecule has 0 aromatic heterocycles. The highest BCUT2D eigenvalue weighted by Gasteiger charge is 2.13. The van der Waals surface area contributed by atoms with Gasteiger partial charge < -0.3 is 0 Å². The molecular formula is C13H17FO. The minimum absolute atomic E-state index is 0.129. The van der Waals surface area contributed by atoms with E-state index in [1.165, 1.54) is 13.0 Å². The summed E-state index contributed by atoms with van der Waals surface area (Å²) in [5.41, 5.74) is 1.24. The first-order valence-corrected chi connectivity index (χ1v) is 5.09. The molecule has 15 heavy (non-hydrogen) atoms. The summed E-state index contributed by atoms with van der Waals surface area (Å²) in [5.74, 6) is -0.640. The Hall–Kier alpha value is -1.18. The number of hydrogen-bond acceptors (Lipinski definition) is 1. The van der Waals surface area contributed by atoms with Crippen LogP contribution in [0.3, 0.4) is 0 Å². The van der Waals surface area contributed by atoms with Crippen LogP contribution in [-0.2, 0) is 6.42 Å². The third kappa shape index (κ3) is 3.46. The molecule has 1 nitrogen and oxygen atoms in total. The van der Waals surface area contributed by atoms with E-state index in [9.17, 15) is 9.18 Å². The largest absolute Gasteiger partial charge is 0.294 e. The lowest BCUT2D eigenvalue weighted by atomic mass is 9.88. The Kier molecular flexibility index (Phi) is 3.28. The molecule has 0 saturated heterocycles. The van der Waals surface area contributed by atoms with Crippen molar-refractivity contribution in [1.29, 1.82) is 0 Å². The maximum absolute atomic E-state index is 13.5. The van der Waals surface area contributed by atoms with E-state index in [-0.39, 0.29) is 16.8 Å². The molecule has 0 amide bonds. The summed E-state index contributed by atoms with van der Waals surface area (Å²) in [5, 5.41) is 0. The number of halogens is 1. The monoisotopic (exact) mass is 208 g/mol. The Balaban J connectivity index is 2.97. The Bertz CT molecular complexity index is 375. The van der Waals surface area contributed by atoms with Crippen molar-refractivity contribution in [2.75, 3.05) is 0 Å². The topological polar surface area (TPSA) is 17.1 Å². The molecule has 0 aliphatic rings. The molecule has 0 bridgehead atoms. The van der Waals surface area contributed by atoms with E-state index in [4.69, 9.17) is 0 Å². The molecular weight excluding hydrogens is 191 g/mol. The second kappa shape index (κ2) is 4.13. The molecule has 0 N–H and O–H groups in total. The zero-order chi connectivity index (χ0) is 11.6. The molecule has 82 valence electrons. The van der Waals surface area contributed by atoms with Gasteiger partial charge in [0.2, 0.25) is 0 Å². The van der Waals surface area contributed by atoms with Crippen molar-refractivity contribution >= 4 is 5.78 Å². The van der Waals surface area contributed by atoms with Crippen molar-refractivity contribution < 1.29 is 9.18 Å². The van der Waals surface area contributed by atoms with Crippen LogP contribution >= 0.6 is 0 Å². The van der Waals surface area contributed by atoms with Crippen LogP contribution in [-0.4, -0.2) is 5.78 Å². The van der Waals surface area contributed by atoms with E-state index in [1.54, 1.807) is 6.07 Å². The molecule has 0 radical (unpaired) electrons. The fourth-order valence-corrected chi connectivity index (χ4v) is 1.57. The molecule has 0 aliphatic carbocycles. The summed E-state index contributed by atoms with van der Waals surface area (Å²) in [7, 11) is 0.